The van der Waals surface area contributed by atoms with Gasteiger partial charge in [0.05, 0.1) is 0 Å². The van der Waals surface area contributed by atoms with E-state index >= 15 is 0 Å². The molecule has 124 valence electrons. The van der Waals surface area contributed by atoms with E-state index in [4.69, 9.17) is 0 Å². The number of imidazole rings is 2. The zero-order valence-corrected chi connectivity index (χ0v) is 14.3. The molecular weight excluding hydrogens is 294 g/mol. The molecular formula is C16H23N5O2. The number of rotatable bonds is 4. The van der Waals surface area contributed by atoms with Crippen molar-refractivity contribution in [2.45, 2.75) is 47.2 Å². The molecule has 0 fully saturated rings. The fraction of sp³-hybridized carbons (Fsp3) is 0.562. The van der Waals surface area contributed by atoms with Crippen molar-refractivity contribution in [1.29, 1.82) is 0 Å². The maximum atomic E-state index is 12.8. The smallest absolute Gasteiger partial charge is 0.314 e. The van der Waals surface area contributed by atoms with E-state index in [0.717, 1.165) is 18.7 Å². The molecule has 0 aromatic carbocycles. The van der Waals surface area contributed by atoms with Crippen molar-refractivity contribution in [2.24, 2.45) is 13.0 Å². The molecule has 0 N–H and O–H groups in total. The zero-order valence-electron chi connectivity index (χ0n) is 14.3. The summed E-state index contributed by atoms with van der Waals surface area (Å²) < 4.78 is 6.68. The van der Waals surface area contributed by atoms with Gasteiger partial charge < -0.3 is 4.57 Å². The Kier molecular flexibility index (Phi) is 3.66. The van der Waals surface area contributed by atoms with Crippen LogP contribution >= 0.6 is 0 Å². The topological polar surface area (TPSA) is 66.2 Å². The average Bonchev–Trinajstić information content (AvgIpc) is 2.98. The van der Waals surface area contributed by atoms with E-state index in [1.165, 1.54) is 9.13 Å². The fourth-order valence-corrected chi connectivity index (χ4v) is 3.07. The largest absolute Gasteiger partial charge is 0.332 e. The summed E-state index contributed by atoms with van der Waals surface area (Å²) >= 11 is 0. The fourth-order valence-electron chi connectivity index (χ4n) is 3.07. The van der Waals surface area contributed by atoms with Gasteiger partial charge in [0.2, 0.25) is 5.78 Å². The molecule has 0 unspecified atom stereocenters. The van der Waals surface area contributed by atoms with E-state index in [1.54, 1.807) is 7.05 Å². The SMILES string of the molecule is CCCn1c(=O)c2c(nc3n(CC(C)C)c(C)cn23)n(C)c1=O. The first-order chi connectivity index (χ1) is 10.9. The normalized spacial score (nSPS) is 12.1. The van der Waals surface area contributed by atoms with Crippen molar-refractivity contribution in [3.8, 4) is 0 Å². The molecule has 0 bridgehead atoms. The van der Waals surface area contributed by atoms with Gasteiger partial charge in [-0.3, -0.25) is 18.3 Å². The lowest BCUT2D eigenvalue weighted by molar-refractivity contribution is 0.524. The van der Waals surface area contributed by atoms with Crippen LogP contribution in [0.25, 0.3) is 16.9 Å². The Morgan fingerprint density at radius 2 is 1.91 bits per heavy atom. The standard InChI is InChI=1S/C16H23N5O2/c1-6-7-19-14(22)12-13(18(5)16(19)23)17-15-20(8-10(2)3)11(4)9-21(12)15/h9-10H,6-8H2,1-5H3. The number of hydrogen-bond acceptors (Lipinski definition) is 3. The number of fused-ring (bicyclic) bond motifs is 3. The lowest BCUT2D eigenvalue weighted by atomic mass is 10.2. The van der Waals surface area contributed by atoms with Crippen LogP contribution in [0.15, 0.2) is 15.8 Å². The highest BCUT2D eigenvalue weighted by molar-refractivity contribution is 5.75. The number of aromatic nitrogens is 5. The highest BCUT2D eigenvalue weighted by atomic mass is 16.2. The molecule has 7 nitrogen and oxygen atoms in total. The van der Waals surface area contributed by atoms with Crippen molar-refractivity contribution < 1.29 is 0 Å². The second-order valence-electron chi connectivity index (χ2n) is 6.53. The van der Waals surface area contributed by atoms with Gasteiger partial charge in [-0.1, -0.05) is 20.8 Å². The monoisotopic (exact) mass is 317 g/mol. The van der Waals surface area contributed by atoms with Gasteiger partial charge in [-0.05, 0) is 19.3 Å². The van der Waals surface area contributed by atoms with Crippen molar-refractivity contribution in [3.05, 3.63) is 32.7 Å². The van der Waals surface area contributed by atoms with E-state index in [-0.39, 0.29) is 11.2 Å². The molecule has 0 radical (unpaired) electrons. The maximum absolute atomic E-state index is 12.8. The van der Waals surface area contributed by atoms with Crippen LogP contribution in [0, 0.1) is 12.8 Å². The summed E-state index contributed by atoms with van der Waals surface area (Å²) in [4.78, 5) is 29.8. The van der Waals surface area contributed by atoms with Gasteiger partial charge in [0.15, 0.2) is 11.2 Å². The molecule has 3 aromatic rings. The van der Waals surface area contributed by atoms with Gasteiger partial charge in [0.1, 0.15) is 0 Å². The minimum Gasteiger partial charge on any atom is -0.314 e. The molecule has 0 saturated carbocycles. The lowest BCUT2D eigenvalue weighted by Gasteiger charge is -2.08. The van der Waals surface area contributed by atoms with Crippen molar-refractivity contribution in [1.82, 2.24) is 23.1 Å². The van der Waals surface area contributed by atoms with Crippen LogP contribution in [0.4, 0.5) is 0 Å². The Morgan fingerprint density at radius 3 is 2.52 bits per heavy atom. The van der Waals surface area contributed by atoms with Crippen molar-refractivity contribution >= 4 is 16.9 Å². The Morgan fingerprint density at radius 1 is 1.22 bits per heavy atom. The van der Waals surface area contributed by atoms with Gasteiger partial charge in [-0.15, -0.1) is 0 Å². The van der Waals surface area contributed by atoms with E-state index < -0.39 is 0 Å². The molecule has 0 saturated heterocycles. The minimum absolute atomic E-state index is 0.265. The van der Waals surface area contributed by atoms with Crippen molar-refractivity contribution in [2.75, 3.05) is 0 Å². The molecule has 3 rings (SSSR count). The second kappa shape index (κ2) is 5.40. The molecule has 3 aromatic heterocycles. The van der Waals surface area contributed by atoms with Crippen molar-refractivity contribution in [3.63, 3.8) is 0 Å². The van der Waals surface area contributed by atoms with Crippen LogP contribution in [0.2, 0.25) is 0 Å². The summed E-state index contributed by atoms with van der Waals surface area (Å²) in [5, 5.41) is 0. The van der Waals surface area contributed by atoms with Crippen LogP contribution in [-0.2, 0) is 20.1 Å². The third-order valence-electron chi connectivity index (χ3n) is 4.14. The van der Waals surface area contributed by atoms with Gasteiger partial charge in [0, 0.05) is 32.0 Å². The molecule has 0 aliphatic carbocycles. The molecule has 0 atom stereocenters. The molecule has 0 aliphatic heterocycles. The summed E-state index contributed by atoms with van der Waals surface area (Å²) in [7, 11) is 1.67. The zero-order chi connectivity index (χ0) is 16.9. The Labute approximate surface area is 133 Å². The summed E-state index contributed by atoms with van der Waals surface area (Å²) in [5.74, 6) is 1.18. The molecule has 0 aliphatic rings. The number of aryl methyl sites for hydroxylation is 2. The summed E-state index contributed by atoms with van der Waals surface area (Å²) in [6, 6.07) is 0. The molecule has 0 amide bonds. The average molecular weight is 317 g/mol. The Hall–Kier alpha value is -2.31. The van der Waals surface area contributed by atoms with Gasteiger partial charge in [-0.2, -0.15) is 4.98 Å². The summed E-state index contributed by atoms with van der Waals surface area (Å²) in [6.07, 6.45) is 2.66. The van der Waals surface area contributed by atoms with Crippen LogP contribution in [-0.4, -0.2) is 23.1 Å². The first kappa shape index (κ1) is 15.6. The van der Waals surface area contributed by atoms with E-state index in [9.17, 15) is 9.59 Å². The summed E-state index contributed by atoms with van der Waals surface area (Å²) in [6.45, 7) is 9.48. The minimum atomic E-state index is -0.308. The third kappa shape index (κ3) is 2.22. The van der Waals surface area contributed by atoms with Crippen LogP contribution in [0.1, 0.15) is 32.9 Å². The van der Waals surface area contributed by atoms with Crippen LogP contribution in [0.5, 0.6) is 0 Å². The Balaban J connectivity index is 2.44. The third-order valence-corrected chi connectivity index (χ3v) is 4.14. The van der Waals surface area contributed by atoms with Crippen LogP contribution in [0.3, 0.4) is 0 Å². The number of nitrogens with zero attached hydrogens (tertiary/aromatic N) is 5. The highest BCUT2D eigenvalue weighted by Crippen LogP contribution is 2.17. The molecule has 0 spiro atoms. The lowest BCUT2D eigenvalue weighted by Crippen LogP contribution is -2.39. The van der Waals surface area contributed by atoms with E-state index in [0.29, 0.717) is 29.4 Å². The predicted molar refractivity (Wildman–Crippen MR) is 90.1 cm³/mol. The molecule has 3 heterocycles. The van der Waals surface area contributed by atoms with E-state index in [2.05, 4.69) is 23.4 Å². The predicted octanol–water partition coefficient (Wildman–Crippen LogP) is 1.52. The molecule has 23 heavy (non-hydrogen) atoms. The second-order valence-corrected chi connectivity index (χ2v) is 6.53. The quantitative estimate of drug-likeness (QED) is 0.733. The maximum Gasteiger partial charge on any atom is 0.332 e. The highest BCUT2D eigenvalue weighted by Gasteiger charge is 2.19. The summed E-state index contributed by atoms with van der Waals surface area (Å²) in [5.41, 5.74) is 1.40. The first-order valence-electron chi connectivity index (χ1n) is 8.04. The number of hydrogen-bond donors (Lipinski definition) is 0. The van der Waals surface area contributed by atoms with E-state index in [1.807, 2.05) is 24.4 Å². The van der Waals surface area contributed by atoms with Gasteiger partial charge in [0.25, 0.3) is 5.56 Å². The van der Waals surface area contributed by atoms with Crippen LogP contribution < -0.4 is 11.2 Å². The Bertz CT molecular complexity index is 1000. The van der Waals surface area contributed by atoms with Gasteiger partial charge in [-0.25, -0.2) is 4.79 Å². The first-order valence-corrected chi connectivity index (χ1v) is 8.04. The molecule has 7 heteroatoms. The van der Waals surface area contributed by atoms with Gasteiger partial charge >= 0.3 is 5.69 Å².